The number of para-hydroxylation sites is 1. The van der Waals surface area contributed by atoms with Gasteiger partial charge in [0.2, 0.25) is 0 Å². The molecule has 0 radical (unpaired) electrons. The maximum Gasteiger partial charge on any atom is 0.265 e. The summed E-state index contributed by atoms with van der Waals surface area (Å²) in [6, 6.07) is 8.23. The number of thiazole rings is 1. The molecule has 3 heterocycles. The number of carbonyl (C=O) groups is 1. The molecule has 1 amide bonds. The van der Waals surface area contributed by atoms with Gasteiger partial charge in [0.05, 0.1) is 20.9 Å². The molecule has 166 valence electrons. The first-order valence-electron chi connectivity index (χ1n) is 10.8. The second kappa shape index (κ2) is 9.12. The Hall–Kier alpha value is -3.19. The van der Waals surface area contributed by atoms with Gasteiger partial charge in [-0.15, -0.1) is 11.3 Å². The van der Waals surface area contributed by atoms with Gasteiger partial charge in [0.1, 0.15) is 5.56 Å². The van der Waals surface area contributed by atoms with Crippen LogP contribution in [0.4, 0.5) is 5.69 Å². The normalized spacial score (nSPS) is 14.9. The Morgan fingerprint density at radius 1 is 1.28 bits per heavy atom. The molecule has 0 bridgehead atoms. The quantitative estimate of drug-likeness (QED) is 0.593. The highest BCUT2D eigenvalue weighted by atomic mass is 32.1. The van der Waals surface area contributed by atoms with E-state index in [4.69, 9.17) is 4.98 Å². The number of nitrogens with one attached hydrogen (secondary N) is 1. The monoisotopic (exact) mass is 448 g/mol. The Balaban J connectivity index is 1.71. The van der Waals surface area contributed by atoms with Crippen LogP contribution in [0.15, 0.2) is 47.8 Å². The zero-order valence-corrected chi connectivity index (χ0v) is 19.5. The Morgan fingerprint density at radius 2 is 2.00 bits per heavy atom. The Kier molecular flexibility index (Phi) is 6.28. The van der Waals surface area contributed by atoms with Crippen LogP contribution < -0.4 is 15.8 Å². The molecule has 0 spiro atoms. The summed E-state index contributed by atoms with van der Waals surface area (Å²) < 4.78 is 2.76. The summed E-state index contributed by atoms with van der Waals surface area (Å²) in [7, 11) is 3.27. The van der Waals surface area contributed by atoms with Gasteiger partial charge >= 0.3 is 0 Å². The molecular weight excluding hydrogens is 420 g/mol. The number of anilines is 1. The molecule has 0 atom stereocenters. The predicted octanol–water partition coefficient (Wildman–Crippen LogP) is 4.25. The fourth-order valence-corrected chi connectivity index (χ4v) is 5.48. The summed E-state index contributed by atoms with van der Waals surface area (Å²) >= 11 is 1.76. The first kappa shape index (κ1) is 22.0. The van der Waals surface area contributed by atoms with Crippen molar-refractivity contribution in [3.63, 3.8) is 0 Å². The molecule has 3 aromatic rings. The lowest BCUT2D eigenvalue weighted by Gasteiger charge is -2.35. The zero-order chi connectivity index (χ0) is 22.8. The van der Waals surface area contributed by atoms with Crippen LogP contribution in [0.1, 0.15) is 45.4 Å². The van der Waals surface area contributed by atoms with Crippen molar-refractivity contribution in [2.45, 2.75) is 25.7 Å². The molecule has 1 saturated heterocycles. The van der Waals surface area contributed by atoms with Gasteiger partial charge in [-0.2, -0.15) is 0 Å². The lowest BCUT2D eigenvalue weighted by molar-refractivity contribution is 0.0961. The van der Waals surface area contributed by atoms with E-state index in [1.807, 2.05) is 31.2 Å². The SMILES string of the molecule is C=C/C=C\c1c(N2CCC(c3nc4ccccc4s3)CC2)c(C(=O)NC)c(=O)n(C)c1C. The minimum absolute atomic E-state index is 0.197. The molecule has 2 aromatic heterocycles. The van der Waals surface area contributed by atoms with Crippen molar-refractivity contribution in [2.75, 3.05) is 25.0 Å². The molecule has 1 aromatic carbocycles. The van der Waals surface area contributed by atoms with Gasteiger partial charge in [0, 0.05) is 44.4 Å². The summed E-state index contributed by atoms with van der Waals surface area (Å²) in [5, 5.41) is 3.82. The van der Waals surface area contributed by atoms with E-state index in [2.05, 4.69) is 28.9 Å². The van der Waals surface area contributed by atoms with Gasteiger partial charge in [-0.25, -0.2) is 4.98 Å². The third-order valence-electron chi connectivity index (χ3n) is 6.23. The summed E-state index contributed by atoms with van der Waals surface area (Å²) in [6.07, 6.45) is 7.33. The fraction of sp³-hybridized carbons (Fsp3) is 0.320. The number of benzene rings is 1. The highest BCUT2D eigenvalue weighted by Gasteiger charge is 2.30. The summed E-state index contributed by atoms with van der Waals surface area (Å²) in [4.78, 5) is 32.9. The molecule has 1 aliphatic heterocycles. The van der Waals surface area contributed by atoms with Gasteiger partial charge in [0.25, 0.3) is 11.5 Å². The van der Waals surface area contributed by atoms with Gasteiger partial charge in [-0.1, -0.05) is 36.9 Å². The van der Waals surface area contributed by atoms with Crippen LogP contribution in [-0.2, 0) is 7.05 Å². The molecular formula is C25H28N4O2S. The average Bonchev–Trinajstić information content (AvgIpc) is 3.26. The largest absolute Gasteiger partial charge is 0.370 e. The van der Waals surface area contributed by atoms with E-state index >= 15 is 0 Å². The minimum atomic E-state index is -0.359. The van der Waals surface area contributed by atoms with Gasteiger partial charge in [-0.05, 0) is 31.9 Å². The van der Waals surface area contributed by atoms with Crippen molar-refractivity contribution in [3.8, 4) is 0 Å². The number of amides is 1. The van der Waals surface area contributed by atoms with Crippen molar-refractivity contribution in [2.24, 2.45) is 7.05 Å². The fourth-order valence-electron chi connectivity index (χ4n) is 4.34. The van der Waals surface area contributed by atoms with E-state index in [1.165, 1.54) is 9.71 Å². The minimum Gasteiger partial charge on any atom is -0.370 e. The lowest BCUT2D eigenvalue weighted by atomic mass is 9.95. The average molecular weight is 449 g/mol. The van der Waals surface area contributed by atoms with Crippen molar-refractivity contribution in [3.05, 3.63) is 75.2 Å². The number of carbonyl (C=O) groups excluding carboxylic acids is 1. The van der Waals surface area contributed by atoms with Gasteiger partial charge in [0.15, 0.2) is 0 Å². The van der Waals surface area contributed by atoms with E-state index in [0.717, 1.165) is 42.7 Å². The maximum absolute atomic E-state index is 13.1. The molecule has 0 aliphatic carbocycles. The molecule has 6 nitrogen and oxygen atoms in total. The second-order valence-electron chi connectivity index (χ2n) is 8.04. The molecule has 1 N–H and O–H groups in total. The Labute approximate surface area is 191 Å². The van der Waals surface area contributed by atoms with Gasteiger partial charge in [-0.3, -0.25) is 9.59 Å². The van der Waals surface area contributed by atoms with E-state index < -0.39 is 0 Å². The third-order valence-corrected chi connectivity index (χ3v) is 7.43. The number of aromatic nitrogens is 2. The van der Waals surface area contributed by atoms with E-state index in [9.17, 15) is 9.59 Å². The van der Waals surface area contributed by atoms with Crippen molar-refractivity contribution < 1.29 is 4.79 Å². The van der Waals surface area contributed by atoms with Crippen LogP contribution >= 0.6 is 11.3 Å². The van der Waals surface area contributed by atoms with Crippen LogP contribution in [0.2, 0.25) is 0 Å². The van der Waals surface area contributed by atoms with Crippen LogP contribution in [0.5, 0.6) is 0 Å². The number of nitrogens with zero attached hydrogens (tertiary/aromatic N) is 3. The number of fused-ring (bicyclic) bond motifs is 1. The van der Waals surface area contributed by atoms with Crippen molar-refractivity contribution in [1.82, 2.24) is 14.9 Å². The van der Waals surface area contributed by atoms with Crippen LogP contribution in [0, 0.1) is 6.92 Å². The maximum atomic E-state index is 13.1. The first-order chi connectivity index (χ1) is 15.5. The summed E-state index contributed by atoms with van der Waals surface area (Å²) in [5.41, 5.74) is 3.39. The standard InChI is InChI=1S/C25H28N4O2S/c1-5-6-9-18-16(2)28(4)25(31)21(23(30)26-3)22(18)29-14-12-17(13-15-29)24-27-19-10-7-8-11-20(19)32-24/h5-11,17H,1,12-15H2,2-4H3,(H,26,30)/b9-6-. The summed E-state index contributed by atoms with van der Waals surface area (Å²) in [6.45, 7) is 7.19. The van der Waals surface area contributed by atoms with Crippen molar-refractivity contribution >= 4 is 39.2 Å². The molecule has 4 rings (SSSR count). The molecule has 0 saturated carbocycles. The molecule has 1 aliphatic rings. The number of hydrogen-bond donors (Lipinski definition) is 1. The Bertz CT molecular complexity index is 1230. The van der Waals surface area contributed by atoms with E-state index in [0.29, 0.717) is 11.6 Å². The number of hydrogen-bond acceptors (Lipinski definition) is 5. The molecule has 1 fully saturated rings. The topological polar surface area (TPSA) is 67.2 Å². The highest BCUT2D eigenvalue weighted by Crippen LogP contribution is 2.37. The second-order valence-corrected chi connectivity index (χ2v) is 9.10. The third kappa shape index (κ3) is 3.88. The first-order valence-corrected chi connectivity index (χ1v) is 11.6. The Morgan fingerprint density at radius 3 is 2.66 bits per heavy atom. The van der Waals surface area contributed by atoms with Crippen LogP contribution in [0.25, 0.3) is 16.3 Å². The predicted molar refractivity (Wildman–Crippen MR) is 133 cm³/mol. The van der Waals surface area contributed by atoms with Crippen LogP contribution in [0.3, 0.4) is 0 Å². The van der Waals surface area contributed by atoms with Crippen LogP contribution in [-0.4, -0.2) is 35.6 Å². The molecule has 0 unspecified atom stereocenters. The highest BCUT2D eigenvalue weighted by molar-refractivity contribution is 7.18. The van der Waals surface area contributed by atoms with Crippen molar-refractivity contribution in [1.29, 1.82) is 0 Å². The van der Waals surface area contributed by atoms with Gasteiger partial charge < -0.3 is 14.8 Å². The molecule has 7 heteroatoms. The summed E-state index contributed by atoms with van der Waals surface area (Å²) in [5.74, 6) is 0.0223. The number of rotatable bonds is 5. The zero-order valence-electron chi connectivity index (χ0n) is 18.7. The van der Waals surface area contributed by atoms with E-state index in [-0.39, 0.29) is 17.0 Å². The lowest BCUT2D eigenvalue weighted by Crippen LogP contribution is -2.40. The number of piperidine rings is 1. The molecule has 32 heavy (non-hydrogen) atoms. The number of pyridine rings is 1. The van der Waals surface area contributed by atoms with E-state index in [1.54, 1.807) is 36.1 Å². The number of allylic oxidation sites excluding steroid dienone is 2. The smallest absolute Gasteiger partial charge is 0.265 e.